The van der Waals surface area contributed by atoms with Gasteiger partial charge < -0.3 is 19.5 Å². The highest BCUT2D eigenvalue weighted by Gasteiger charge is 2.23. The molecule has 1 aliphatic rings. The fourth-order valence-corrected chi connectivity index (χ4v) is 3.58. The number of rotatable bonds is 5. The van der Waals surface area contributed by atoms with Crippen LogP contribution in [-0.4, -0.2) is 53.0 Å². The Balaban J connectivity index is 1.83. The van der Waals surface area contributed by atoms with Crippen molar-refractivity contribution in [1.82, 2.24) is 15.0 Å². The van der Waals surface area contributed by atoms with E-state index in [1.807, 2.05) is 30.3 Å². The van der Waals surface area contributed by atoms with Crippen molar-refractivity contribution in [3.8, 4) is 17.0 Å². The first-order valence-corrected chi connectivity index (χ1v) is 9.58. The molecule has 0 saturated carbocycles. The number of methoxy groups -OCH3 is 1. The molecule has 1 aliphatic heterocycles. The number of pyridine rings is 1. The largest absolute Gasteiger partial charge is 0.496 e. The lowest BCUT2D eigenvalue weighted by atomic mass is 10.1. The molecular weight excluding hydrogens is 368 g/mol. The normalized spacial score (nSPS) is 16.8. The molecule has 0 radical (unpaired) electrons. The van der Waals surface area contributed by atoms with Crippen molar-refractivity contribution in [2.45, 2.75) is 19.6 Å². The molecule has 150 valence electrons. The van der Waals surface area contributed by atoms with Gasteiger partial charge in [-0.2, -0.15) is 0 Å². The summed E-state index contributed by atoms with van der Waals surface area (Å²) >= 11 is 0. The Labute approximate surface area is 169 Å². The van der Waals surface area contributed by atoms with Crippen LogP contribution in [0.4, 0.5) is 5.82 Å². The molecule has 0 aliphatic carbocycles. The third-order valence-corrected chi connectivity index (χ3v) is 5.13. The highest BCUT2D eigenvalue weighted by Crippen LogP contribution is 2.30. The Morgan fingerprint density at radius 3 is 2.86 bits per heavy atom. The van der Waals surface area contributed by atoms with Gasteiger partial charge in [0.2, 0.25) is 0 Å². The maximum Gasteiger partial charge on any atom is 0.165 e. The smallest absolute Gasteiger partial charge is 0.165 e. The van der Waals surface area contributed by atoms with Gasteiger partial charge in [-0.25, -0.2) is 15.0 Å². The van der Waals surface area contributed by atoms with E-state index in [9.17, 15) is 5.11 Å². The molecule has 1 saturated heterocycles. The summed E-state index contributed by atoms with van der Waals surface area (Å²) in [6, 6.07) is 9.82. The summed E-state index contributed by atoms with van der Waals surface area (Å²) in [5.41, 5.74) is 2.98. The molecule has 1 aromatic carbocycles. The predicted molar refractivity (Wildman–Crippen MR) is 113 cm³/mol. The number of aliphatic hydroxyl groups is 1. The quantitative estimate of drug-likeness (QED) is 0.715. The van der Waals surface area contributed by atoms with Crippen LogP contribution in [0, 0.1) is 0 Å². The lowest BCUT2D eigenvalue weighted by Crippen LogP contribution is -2.44. The van der Waals surface area contributed by atoms with E-state index in [1.165, 1.54) is 0 Å². The van der Waals surface area contributed by atoms with Crippen LogP contribution in [0.1, 0.15) is 18.3 Å². The van der Waals surface area contributed by atoms with Crippen molar-refractivity contribution < 1.29 is 14.6 Å². The van der Waals surface area contributed by atoms with E-state index in [0.29, 0.717) is 36.0 Å². The number of morpholine rings is 1. The lowest BCUT2D eigenvalue weighted by molar-refractivity contribution is 0.0987. The summed E-state index contributed by atoms with van der Waals surface area (Å²) in [4.78, 5) is 16.3. The minimum Gasteiger partial charge on any atom is -0.496 e. The van der Waals surface area contributed by atoms with Crippen molar-refractivity contribution in [3.05, 3.63) is 48.3 Å². The van der Waals surface area contributed by atoms with Gasteiger partial charge in [0.15, 0.2) is 11.5 Å². The molecule has 4 rings (SSSR count). The number of anilines is 1. The average molecular weight is 392 g/mol. The number of aliphatic hydroxyl groups excluding tert-OH is 1. The van der Waals surface area contributed by atoms with Crippen LogP contribution in [0.2, 0.25) is 0 Å². The standard InChI is InChI=1S/C22H24N4O3/c1-4-20-24-21-17(22(25-20)26-9-10-29-13-14(26)2)6-7-18(23-21)15-5-8-19(28-3)16(11-15)12-27/h4-8,11,14,27H,1,9-10,12-13H2,2-3H3. The maximum atomic E-state index is 9.62. The minimum absolute atomic E-state index is 0.105. The first-order chi connectivity index (χ1) is 14.1. The van der Waals surface area contributed by atoms with Gasteiger partial charge in [0, 0.05) is 17.7 Å². The molecule has 2 aromatic heterocycles. The predicted octanol–water partition coefficient (Wildman–Crippen LogP) is 3.06. The first kappa shape index (κ1) is 19.3. The monoisotopic (exact) mass is 392 g/mol. The van der Waals surface area contributed by atoms with Crippen LogP contribution < -0.4 is 9.64 Å². The molecule has 3 aromatic rings. The summed E-state index contributed by atoms with van der Waals surface area (Å²) in [5, 5.41) is 10.5. The molecule has 0 spiro atoms. The van der Waals surface area contributed by atoms with Gasteiger partial charge in [-0.05, 0) is 43.3 Å². The Bertz CT molecular complexity index is 1050. The first-order valence-electron chi connectivity index (χ1n) is 9.58. The Morgan fingerprint density at radius 1 is 1.28 bits per heavy atom. The summed E-state index contributed by atoms with van der Waals surface area (Å²) in [7, 11) is 1.59. The zero-order valence-electron chi connectivity index (χ0n) is 16.6. The fraction of sp³-hybridized carbons (Fsp3) is 0.318. The fourth-order valence-electron chi connectivity index (χ4n) is 3.58. The summed E-state index contributed by atoms with van der Waals surface area (Å²) in [6.45, 7) is 7.94. The van der Waals surface area contributed by atoms with Crippen LogP contribution in [0.25, 0.3) is 28.4 Å². The van der Waals surface area contributed by atoms with Crippen LogP contribution in [0.15, 0.2) is 36.9 Å². The summed E-state index contributed by atoms with van der Waals surface area (Å²) in [5.74, 6) is 2.05. The van der Waals surface area contributed by atoms with E-state index < -0.39 is 0 Å². The van der Waals surface area contributed by atoms with Gasteiger partial charge in [0.25, 0.3) is 0 Å². The second kappa shape index (κ2) is 8.14. The summed E-state index contributed by atoms with van der Waals surface area (Å²) < 4.78 is 10.9. The second-order valence-electron chi connectivity index (χ2n) is 6.98. The van der Waals surface area contributed by atoms with Crippen molar-refractivity contribution in [1.29, 1.82) is 0 Å². The van der Waals surface area contributed by atoms with E-state index in [4.69, 9.17) is 19.4 Å². The van der Waals surface area contributed by atoms with Gasteiger partial charge in [0.05, 0.1) is 44.1 Å². The number of hydrogen-bond donors (Lipinski definition) is 1. The van der Waals surface area contributed by atoms with Gasteiger partial charge in [-0.3, -0.25) is 0 Å². The molecule has 1 atom stereocenters. The molecule has 1 fully saturated rings. The Kier molecular flexibility index (Phi) is 5.42. The number of nitrogens with zero attached hydrogens (tertiary/aromatic N) is 4. The third kappa shape index (κ3) is 3.66. The maximum absolute atomic E-state index is 9.62. The second-order valence-corrected chi connectivity index (χ2v) is 6.98. The van der Waals surface area contributed by atoms with E-state index in [2.05, 4.69) is 23.4 Å². The minimum atomic E-state index is -0.105. The van der Waals surface area contributed by atoms with E-state index in [-0.39, 0.29) is 12.6 Å². The summed E-state index contributed by atoms with van der Waals surface area (Å²) in [6.07, 6.45) is 1.64. The molecule has 7 heteroatoms. The lowest BCUT2D eigenvalue weighted by Gasteiger charge is -2.34. The molecular formula is C22H24N4O3. The molecule has 1 unspecified atom stereocenters. The van der Waals surface area contributed by atoms with E-state index in [1.54, 1.807) is 13.2 Å². The molecule has 1 N–H and O–H groups in total. The van der Waals surface area contributed by atoms with Gasteiger partial charge in [0.1, 0.15) is 11.6 Å². The van der Waals surface area contributed by atoms with Gasteiger partial charge in [-0.15, -0.1) is 0 Å². The van der Waals surface area contributed by atoms with Crippen LogP contribution >= 0.6 is 0 Å². The van der Waals surface area contributed by atoms with Gasteiger partial charge >= 0.3 is 0 Å². The van der Waals surface area contributed by atoms with Crippen LogP contribution in [0.5, 0.6) is 5.75 Å². The Hall–Kier alpha value is -3.03. The number of benzene rings is 1. The average Bonchev–Trinajstić information content (AvgIpc) is 2.77. The van der Waals surface area contributed by atoms with E-state index in [0.717, 1.165) is 29.0 Å². The highest BCUT2D eigenvalue weighted by atomic mass is 16.5. The topological polar surface area (TPSA) is 80.6 Å². The molecule has 3 heterocycles. The number of hydrogen-bond acceptors (Lipinski definition) is 7. The number of aromatic nitrogens is 3. The van der Waals surface area contributed by atoms with E-state index >= 15 is 0 Å². The molecule has 0 amide bonds. The zero-order valence-corrected chi connectivity index (χ0v) is 16.6. The zero-order chi connectivity index (χ0) is 20.4. The molecule has 29 heavy (non-hydrogen) atoms. The van der Waals surface area contributed by atoms with Gasteiger partial charge in [-0.1, -0.05) is 6.58 Å². The van der Waals surface area contributed by atoms with Crippen LogP contribution in [0.3, 0.4) is 0 Å². The molecule has 0 bridgehead atoms. The van der Waals surface area contributed by atoms with Crippen molar-refractivity contribution >= 4 is 22.9 Å². The van der Waals surface area contributed by atoms with Crippen molar-refractivity contribution in [2.24, 2.45) is 0 Å². The van der Waals surface area contributed by atoms with Crippen LogP contribution in [-0.2, 0) is 11.3 Å². The van der Waals surface area contributed by atoms with Crippen molar-refractivity contribution in [2.75, 3.05) is 31.8 Å². The number of fused-ring (bicyclic) bond motifs is 1. The van der Waals surface area contributed by atoms with Crippen molar-refractivity contribution in [3.63, 3.8) is 0 Å². The molecule has 7 nitrogen and oxygen atoms in total. The third-order valence-electron chi connectivity index (χ3n) is 5.13. The number of ether oxygens (including phenoxy) is 2. The highest BCUT2D eigenvalue weighted by molar-refractivity contribution is 5.89. The Morgan fingerprint density at radius 2 is 2.14 bits per heavy atom. The SMILES string of the molecule is C=Cc1nc(N2CCOCC2C)c2ccc(-c3ccc(OC)c(CO)c3)nc2n1.